The van der Waals surface area contributed by atoms with E-state index >= 15 is 0 Å². The van der Waals surface area contributed by atoms with Crippen molar-refractivity contribution in [2.24, 2.45) is 0 Å². The lowest BCUT2D eigenvalue weighted by Gasteiger charge is -2.06. The van der Waals surface area contributed by atoms with Gasteiger partial charge in [-0.25, -0.2) is 4.39 Å². The van der Waals surface area contributed by atoms with Crippen molar-refractivity contribution in [2.45, 2.75) is 32.7 Å². The molecule has 0 atom stereocenters. The van der Waals surface area contributed by atoms with E-state index in [1.807, 2.05) is 0 Å². The molecule has 0 unspecified atom stereocenters. The van der Waals surface area contributed by atoms with Crippen LogP contribution in [0, 0.1) is 17.7 Å². The lowest BCUT2D eigenvalue weighted by molar-refractivity contribution is 0.628. The first-order valence-electron chi connectivity index (χ1n) is 10.9. The Morgan fingerprint density at radius 3 is 2.48 bits per heavy atom. The summed E-state index contributed by atoms with van der Waals surface area (Å²) in [4.78, 5) is 0. The number of nitrogens with zero attached hydrogens (tertiary/aromatic N) is 1. The Balaban J connectivity index is 1.48. The number of fused-ring (bicyclic) bond motifs is 1. The molecule has 1 N–H and O–H groups in total. The minimum absolute atomic E-state index is 0.233. The Bertz CT molecular complexity index is 1190. The van der Waals surface area contributed by atoms with Gasteiger partial charge in [-0.1, -0.05) is 48.4 Å². The van der Waals surface area contributed by atoms with E-state index < -0.39 is 0 Å². The third-order valence-electron chi connectivity index (χ3n) is 5.55. The van der Waals surface area contributed by atoms with Gasteiger partial charge in [-0.3, -0.25) is 0 Å². The SMILES string of the molecule is CCn1c(C#CCNc2ccc(F)cc2)cc2c(CCCc3ccccc3)cccc21. The van der Waals surface area contributed by atoms with Gasteiger partial charge >= 0.3 is 0 Å². The van der Waals surface area contributed by atoms with E-state index in [-0.39, 0.29) is 5.82 Å². The monoisotopic (exact) mass is 410 g/mol. The zero-order chi connectivity index (χ0) is 21.5. The molecule has 1 heterocycles. The number of aromatic nitrogens is 1. The first kappa shape index (κ1) is 20.8. The van der Waals surface area contributed by atoms with E-state index in [0.717, 1.165) is 37.2 Å². The van der Waals surface area contributed by atoms with Gasteiger partial charge in [0.1, 0.15) is 5.82 Å². The van der Waals surface area contributed by atoms with Crippen LogP contribution < -0.4 is 5.32 Å². The highest BCUT2D eigenvalue weighted by Crippen LogP contribution is 2.25. The average molecular weight is 411 g/mol. The molecule has 0 radical (unpaired) electrons. The fourth-order valence-corrected chi connectivity index (χ4v) is 3.98. The molecule has 2 nitrogen and oxygen atoms in total. The second-order valence-electron chi connectivity index (χ2n) is 7.63. The van der Waals surface area contributed by atoms with Crippen LogP contribution in [0.2, 0.25) is 0 Å². The molecule has 0 spiro atoms. The minimum Gasteiger partial charge on any atom is -0.374 e. The van der Waals surface area contributed by atoms with Gasteiger partial charge in [-0.2, -0.15) is 0 Å². The standard InChI is InChI=1S/C28H27FN2/c1-2-31-26(14-8-20-30-25-18-16-24(29)17-19-25)21-27-23(13-7-15-28(27)31)12-6-11-22-9-4-3-5-10-22/h3-5,7,9-10,13,15-19,21,30H,2,6,11-12,20H2,1H3. The summed E-state index contributed by atoms with van der Waals surface area (Å²) < 4.78 is 15.3. The number of nitrogens with one attached hydrogen (secondary N) is 1. The van der Waals surface area contributed by atoms with E-state index in [1.165, 1.54) is 34.2 Å². The Kier molecular flexibility index (Phi) is 6.69. The molecule has 4 rings (SSSR count). The highest BCUT2D eigenvalue weighted by atomic mass is 19.1. The van der Waals surface area contributed by atoms with E-state index in [2.05, 4.69) is 83.2 Å². The second-order valence-corrected chi connectivity index (χ2v) is 7.63. The van der Waals surface area contributed by atoms with Crippen molar-refractivity contribution >= 4 is 16.6 Å². The van der Waals surface area contributed by atoms with E-state index in [1.54, 1.807) is 12.1 Å². The van der Waals surface area contributed by atoms with Crippen molar-refractivity contribution in [1.82, 2.24) is 4.57 Å². The van der Waals surface area contributed by atoms with Gasteiger partial charge in [0.05, 0.1) is 12.2 Å². The second kappa shape index (κ2) is 10.00. The quantitative estimate of drug-likeness (QED) is 0.347. The Labute approximate surface area is 183 Å². The molecule has 4 aromatic rings. The van der Waals surface area contributed by atoms with Gasteiger partial charge in [-0.15, -0.1) is 0 Å². The van der Waals surface area contributed by atoms with Crippen LogP contribution in [-0.2, 0) is 19.4 Å². The summed E-state index contributed by atoms with van der Waals surface area (Å²) in [5.74, 6) is 6.30. The fraction of sp³-hybridized carbons (Fsp3) is 0.214. The van der Waals surface area contributed by atoms with E-state index in [9.17, 15) is 4.39 Å². The third kappa shape index (κ3) is 5.16. The van der Waals surface area contributed by atoms with E-state index in [0.29, 0.717) is 6.54 Å². The molecule has 0 saturated carbocycles. The van der Waals surface area contributed by atoms with E-state index in [4.69, 9.17) is 0 Å². The minimum atomic E-state index is -0.233. The molecule has 0 amide bonds. The Hall–Kier alpha value is -3.51. The van der Waals surface area contributed by atoms with Crippen LogP contribution in [0.1, 0.15) is 30.2 Å². The summed E-state index contributed by atoms with van der Waals surface area (Å²) in [7, 11) is 0. The number of aryl methyl sites for hydroxylation is 3. The van der Waals surface area contributed by atoms with Gasteiger partial charge < -0.3 is 9.88 Å². The summed E-state index contributed by atoms with van der Waals surface area (Å²) in [6.45, 7) is 3.55. The molecule has 3 aromatic carbocycles. The highest BCUT2D eigenvalue weighted by molar-refractivity contribution is 5.86. The zero-order valence-electron chi connectivity index (χ0n) is 17.9. The molecule has 0 fully saturated rings. The Morgan fingerprint density at radius 1 is 0.903 bits per heavy atom. The number of benzene rings is 3. The maximum absolute atomic E-state index is 13.0. The van der Waals surface area contributed by atoms with Crippen LogP contribution in [0.3, 0.4) is 0 Å². The lowest BCUT2D eigenvalue weighted by Crippen LogP contribution is -2.00. The molecule has 0 aliphatic heterocycles. The first-order valence-corrected chi connectivity index (χ1v) is 10.9. The maximum Gasteiger partial charge on any atom is 0.123 e. The number of anilines is 1. The largest absolute Gasteiger partial charge is 0.374 e. The molecule has 0 saturated heterocycles. The number of hydrogen-bond acceptors (Lipinski definition) is 1. The lowest BCUT2D eigenvalue weighted by atomic mass is 10.0. The van der Waals surface area contributed by atoms with Gasteiger partial charge in [0.2, 0.25) is 0 Å². The topological polar surface area (TPSA) is 17.0 Å². The van der Waals surface area contributed by atoms with Crippen LogP contribution in [0.15, 0.2) is 78.9 Å². The maximum atomic E-state index is 13.0. The van der Waals surface area contributed by atoms with Crippen molar-refractivity contribution in [3.05, 3.63) is 102 Å². The van der Waals surface area contributed by atoms with Crippen LogP contribution in [0.4, 0.5) is 10.1 Å². The summed E-state index contributed by atoms with van der Waals surface area (Å²) in [5, 5.41) is 4.52. The molecule has 0 aliphatic rings. The predicted molar refractivity (Wildman–Crippen MR) is 128 cm³/mol. The summed E-state index contributed by atoms with van der Waals surface area (Å²) in [6, 6.07) is 25.8. The van der Waals surface area contributed by atoms with Crippen LogP contribution >= 0.6 is 0 Å². The Morgan fingerprint density at radius 2 is 1.71 bits per heavy atom. The van der Waals surface area contributed by atoms with Crippen LogP contribution in [0.5, 0.6) is 0 Å². The highest BCUT2D eigenvalue weighted by Gasteiger charge is 2.09. The molecule has 1 aromatic heterocycles. The normalized spacial score (nSPS) is 10.6. The van der Waals surface area contributed by atoms with Crippen LogP contribution in [-0.4, -0.2) is 11.1 Å². The third-order valence-corrected chi connectivity index (χ3v) is 5.55. The first-order chi connectivity index (χ1) is 15.2. The number of rotatable bonds is 7. The summed E-state index contributed by atoms with van der Waals surface area (Å²) in [5.41, 5.74) is 5.92. The van der Waals surface area contributed by atoms with Crippen LogP contribution in [0.25, 0.3) is 10.9 Å². The van der Waals surface area contributed by atoms with Gasteiger partial charge in [0.25, 0.3) is 0 Å². The summed E-state index contributed by atoms with van der Waals surface area (Å²) in [6.07, 6.45) is 3.27. The molecule has 0 aliphatic carbocycles. The average Bonchev–Trinajstić information content (AvgIpc) is 3.17. The predicted octanol–water partition coefficient (Wildman–Crippen LogP) is 6.44. The van der Waals surface area contributed by atoms with Crippen molar-refractivity contribution in [3.63, 3.8) is 0 Å². The van der Waals surface area contributed by atoms with Crippen molar-refractivity contribution in [1.29, 1.82) is 0 Å². The zero-order valence-corrected chi connectivity index (χ0v) is 17.9. The van der Waals surface area contributed by atoms with Crippen molar-refractivity contribution in [2.75, 3.05) is 11.9 Å². The van der Waals surface area contributed by atoms with Crippen molar-refractivity contribution < 1.29 is 4.39 Å². The molecule has 0 bridgehead atoms. The van der Waals surface area contributed by atoms with Gasteiger partial charge in [-0.05, 0) is 79.6 Å². The number of hydrogen-bond donors (Lipinski definition) is 1. The van der Waals surface area contributed by atoms with Gasteiger partial charge in [0, 0.05) is 23.1 Å². The molecule has 156 valence electrons. The van der Waals surface area contributed by atoms with Crippen molar-refractivity contribution in [3.8, 4) is 11.8 Å². The van der Waals surface area contributed by atoms with Gasteiger partial charge in [0.15, 0.2) is 0 Å². The molecule has 3 heteroatoms. The fourth-order valence-electron chi connectivity index (χ4n) is 3.98. The number of halogens is 1. The summed E-state index contributed by atoms with van der Waals surface area (Å²) >= 11 is 0. The molecular weight excluding hydrogens is 383 g/mol. The smallest absolute Gasteiger partial charge is 0.123 e. The molecular formula is C28H27FN2. The molecule has 31 heavy (non-hydrogen) atoms.